The molecule has 0 atom stereocenters. The maximum absolute atomic E-state index is 13.8. The average molecular weight is 274 g/mol. The molecule has 0 saturated heterocycles. The first-order valence-electron chi connectivity index (χ1n) is 6.62. The van der Waals surface area contributed by atoms with Crippen LogP contribution in [0.15, 0.2) is 36.7 Å². The molecule has 0 fully saturated rings. The number of ether oxygens (including phenoxy) is 1. The summed E-state index contributed by atoms with van der Waals surface area (Å²) < 4.78 is 19.1. The minimum Gasteiger partial charge on any atom is -0.496 e. The van der Waals surface area contributed by atoms with Crippen LogP contribution >= 0.6 is 0 Å². The van der Waals surface area contributed by atoms with Crippen LogP contribution in [0.4, 0.5) is 4.39 Å². The van der Waals surface area contributed by atoms with Gasteiger partial charge in [0.2, 0.25) is 0 Å². The highest BCUT2D eigenvalue weighted by atomic mass is 19.1. The largest absolute Gasteiger partial charge is 0.496 e. The predicted molar refractivity (Wildman–Crippen MR) is 78.2 cm³/mol. The molecule has 3 nitrogen and oxygen atoms in total. The first-order valence-corrected chi connectivity index (χ1v) is 6.62. The van der Waals surface area contributed by atoms with Gasteiger partial charge >= 0.3 is 0 Å². The molecule has 4 heteroatoms. The van der Waals surface area contributed by atoms with Crippen LogP contribution in [0.1, 0.15) is 19.4 Å². The topological polar surface area (TPSA) is 34.1 Å². The van der Waals surface area contributed by atoms with Crippen molar-refractivity contribution in [2.75, 3.05) is 7.11 Å². The first-order chi connectivity index (χ1) is 9.61. The number of hydrogen-bond acceptors (Lipinski definition) is 3. The van der Waals surface area contributed by atoms with E-state index in [0.29, 0.717) is 18.2 Å². The Hall–Kier alpha value is -1.94. The fourth-order valence-electron chi connectivity index (χ4n) is 2.01. The SMILES string of the molecule is COc1ccc(-c2ccncc2F)cc1CNC(C)C. The Balaban J connectivity index is 2.36. The quantitative estimate of drug-likeness (QED) is 0.907. The van der Waals surface area contributed by atoms with Gasteiger partial charge in [-0.05, 0) is 23.8 Å². The Morgan fingerprint density at radius 1 is 1.30 bits per heavy atom. The van der Waals surface area contributed by atoms with Crippen molar-refractivity contribution in [2.45, 2.75) is 26.4 Å². The molecular weight excluding hydrogens is 255 g/mol. The van der Waals surface area contributed by atoms with Crippen molar-refractivity contribution in [2.24, 2.45) is 0 Å². The number of aromatic nitrogens is 1. The van der Waals surface area contributed by atoms with Gasteiger partial charge in [-0.15, -0.1) is 0 Å². The third-order valence-electron chi connectivity index (χ3n) is 3.06. The van der Waals surface area contributed by atoms with Gasteiger partial charge in [-0.1, -0.05) is 19.9 Å². The molecule has 0 aliphatic rings. The molecule has 2 rings (SSSR count). The molecule has 0 aliphatic heterocycles. The van der Waals surface area contributed by atoms with E-state index in [1.807, 2.05) is 18.2 Å². The average Bonchev–Trinajstić information content (AvgIpc) is 2.45. The molecule has 2 aromatic rings. The number of nitrogens with one attached hydrogen (secondary N) is 1. The Kier molecular flexibility index (Phi) is 4.69. The van der Waals surface area contributed by atoms with Crippen LogP contribution in [0.2, 0.25) is 0 Å². The highest BCUT2D eigenvalue weighted by molar-refractivity contribution is 5.65. The van der Waals surface area contributed by atoms with Crippen molar-refractivity contribution < 1.29 is 9.13 Å². The molecule has 0 aliphatic carbocycles. The monoisotopic (exact) mass is 274 g/mol. The Bertz CT molecular complexity index is 584. The van der Waals surface area contributed by atoms with Crippen molar-refractivity contribution in [1.29, 1.82) is 0 Å². The summed E-state index contributed by atoms with van der Waals surface area (Å²) in [6, 6.07) is 7.73. The van der Waals surface area contributed by atoms with E-state index >= 15 is 0 Å². The fraction of sp³-hybridized carbons (Fsp3) is 0.312. The summed E-state index contributed by atoms with van der Waals surface area (Å²) in [6.07, 6.45) is 2.82. The molecular formula is C16H19FN2O. The second-order valence-electron chi connectivity index (χ2n) is 4.92. The van der Waals surface area contributed by atoms with E-state index in [0.717, 1.165) is 16.9 Å². The molecule has 1 N–H and O–H groups in total. The summed E-state index contributed by atoms with van der Waals surface area (Å²) >= 11 is 0. The van der Waals surface area contributed by atoms with Gasteiger partial charge in [0.15, 0.2) is 0 Å². The summed E-state index contributed by atoms with van der Waals surface area (Å²) in [6.45, 7) is 4.85. The zero-order valence-electron chi connectivity index (χ0n) is 12.0. The van der Waals surface area contributed by atoms with E-state index in [1.165, 1.54) is 6.20 Å². The third-order valence-corrected chi connectivity index (χ3v) is 3.06. The van der Waals surface area contributed by atoms with Gasteiger partial charge in [-0.3, -0.25) is 4.98 Å². The highest BCUT2D eigenvalue weighted by Crippen LogP contribution is 2.28. The molecule has 0 unspecified atom stereocenters. The van der Waals surface area contributed by atoms with E-state index in [4.69, 9.17) is 4.74 Å². The normalized spacial score (nSPS) is 10.8. The fourth-order valence-corrected chi connectivity index (χ4v) is 2.01. The van der Waals surface area contributed by atoms with E-state index in [2.05, 4.69) is 24.1 Å². The molecule has 1 aromatic heterocycles. The maximum atomic E-state index is 13.8. The molecule has 1 heterocycles. The molecule has 0 bridgehead atoms. The van der Waals surface area contributed by atoms with Gasteiger partial charge in [0.05, 0.1) is 13.3 Å². The van der Waals surface area contributed by atoms with Crippen LogP contribution in [-0.2, 0) is 6.54 Å². The summed E-state index contributed by atoms with van der Waals surface area (Å²) in [5.41, 5.74) is 2.38. The van der Waals surface area contributed by atoms with E-state index in [9.17, 15) is 4.39 Å². The van der Waals surface area contributed by atoms with Crippen molar-refractivity contribution in [3.8, 4) is 16.9 Å². The highest BCUT2D eigenvalue weighted by Gasteiger charge is 2.09. The Morgan fingerprint density at radius 2 is 2.10 bits per heavy atom. The lowest BCUT2D eigenvalue weighted by molar-refractivity contribution is 0.406. The number of nitrogens with zero attached hydrogens (tertiary/aromatic N) is 1. The van der Waals surface area contributed by atoms with Crippen LogP contribution < -0.4 is 10.1 Å². The van der Waals surface area contributed by atoms with E-state index in [1.54, 1.807) is 19.4 Å². The number of pyridine rings is 1. The molecule has 0 spiro atoms. The lowest BCUT2D eigenvalue weighted by Gasteiger charge is -2.13. The summed E-state index contributed by atoms with van der Waals surface area (Å²) in [5.74, 6) is 0.483. The zero-order valence-corrected chi connectivity index (χ0v) is 12.0. The van der Waals surface area contributed by atoms with E-state index < -0.39 is 0 Å². The minimum atomic E-state index is -0.319. The van der Waals surface area contributed by atoms with Crippen molar-refractivity contribution in [3.05, 3.63) is 48.0 Å². The minimum absolute atomic E-state index is 0.319. The van der Waals surface area contributed by atoms with Gasteiger partial charge < -0.3 is 10.1 Å². The number of rotatable bonds is 5. The predicted octanol–water partition coefficient (Wildman–Crippen LogP) is 3.39. The Morgan fingerprint density at radius 3 is 2.75 bits per heavy atom. The van der Waals surface area contributed by atoms with Crippen LogP contribution in [0.5, 0.6) is 5.75 Å². The van der Waals surface area contributed by atoms with Gasteiger partial charge in [-0.2, -0.15) is 0 Å². The van der Waals surface area contributed by atoms with Crippen LogP contribution in [0.3, 0.4) is 0 Å². The van der Waals surface area contributed by atoms with Gasteiger partial charge in [0, 0.05) is 29.9 Å². The van der Waals surface area contributed by atoms with E-state index in [-0.39, 0.29) is 5.82 Å². The summed E-state index contributed by atoms with van der Waals surface area (Å²) in [7, 11) is 1.64. The Labute approximate surface area is 118 Å². The van der Waals surface area contributed by atoms with Crippen molar-refractivity contribution >= 4 is 0 Å². The number of benzene rings is 1. The summed E-state index contributed by atoms with van der Waals surface area (Å²) in [5, 5.41) is 3.34. The van der Waals surface area contributed by atoms with Crippen LogP contribution in [0, 0.1) is 5.82 Å². The lowest BCUT2D eigenvalue weighted by Crippen LogP contribution is -2.22. The lowest BCUT2D eigenvalue weighted by atomic mass is 10.0. The summed E-state index contributed by atoms with van der Waals surface area (Å²) in [4.78, 5) is 3.77. The second kappa shape index (κ2) is 6.48. The van der Waals surface area contributed by atoms with Crippen molar-refractivity contribution in [1.82, 2.24) is 10.3 Å². The molecule has 0 radical (unpaired) electrons. The molecule has 20 heavy (non-hydrogen) atoms. The third kappa shape index (κ3) is 3.33. The van der Waals surface area contributed by atoms with Crippen molar-refractivity contribution in [3.63, 3.8) is 0 Å². The smallest absolute Gasteiger partial charge is 0.149 e. The van der Waals surface area contributed by atoms with Crippen LogP contribution in [0.25, 0.3) is 11.1 Å². The number of halogens is 1. The standard InChI is InChI=1S/C16H19FN2O/c1-11(2)19-9-13-8-12(4-5-16(13)20-3)14-6-7-18-10-15(14)17/h4-8,10-11,19H,9H2,1-3H3. The van der Waals surface area contributed by atoms with Gasteiger partial charge in [0.25, 0.3) is 0 Å². The van der Waals surface area contributed by atoms with Gasteiger partial charge in [0.1, 0.15) is 11.6 Å². The molecule has 0 saturated carbocycles. The molecule has 0 amide bonds. The molecule has 1 aromatic carbocycles. The molecule has 106 valence electrons. The maximum Gasteiger partial charge on any atom is 0.149 e. The number of methoxy groups -OCH3 is 1. The second-order valence-corrected chi connectivity index (χ2v) is 4.92. The first kappa shape index (κ1) is 14.5. The van der Waals surface area contributed by atoms with Crippen LogP contribution in [-0.4, -0.2) is 18.1 Å². The number of hydrogen-bond donors (Lipinski definition) is 1. The zero-order chi connectivity index (χ0) is 14.5. The van der Waals surface area contributed by atoms with Gasteiger partial charge in [-0.25, -0.2) is 4.39 Å².